The fourth-order valence-corrected chi connectivity index (χ4v) is 5.82. The highest BCUT2D eigenvalue weighted by Gasteiger charge is 2.23. The Hall–Kier alpha value is -5.79. The number of primary amides is 1. The Bertz CT molecular complexity index is 2310. The van der Waals surface area contributed by atoms with Crippen LogP contribution in [-0.4, -0.2) is 43.3 Å². The van der Waals surface area contributed by atoms with Gasteiger partial charge < -0.3 is 26.2 Å². The van der Waals surface area contributed by atoms with E-state index in [1.165, 1.54) is 17.6 Å². The minimum Gasteiger partial charge on any atom is -0.506 e. The number of nitrogens with one attached hydrogen (secondary N) is 3. The summed E-state index contributed by atoms with van der Waals surface area (Å²) in [5.41, 5.74) is 9.08. The highest BCUT2D eigenvalue weighted by Crippen LogP contribution is 2.30. The van der Waals surface area contributed by atoms with E-state index in [4.69, 9.17) is 33.7 Å². The molecule has 13 nitrogen and oxygen atoms in total. The van der Waals surface area contributed by atoms with Gasteiger partial charge in [0.25, 0.3) is 11.5 Å². The quantitative estimate of drug-likeness (QED) is 0.102. The van der Waals surface area contributed by atoms with Gasteiger partial charge in [-0.1, -0.05) is 74.3 Å². The van der Waals surface area contributed by atoms with Gasteiger partial charge in [0.1, 0.15) is 35.0 Å². The van der Waals surface area contributed by atoms with Gasteiger partial charge in [0, 0.05) is 35.3 Å². The molecule has 0 unspecified atom stereocenters. The van der Waals surface area contributed by atoms with Crippen LogP contribution in [-0.2, 0) is 23.4 Å². The van der Waals surface area contributed by atoms with Gasteiger partial charge in [-0.05, 0) is 67.8 Å². The second kappa shape index (κ2) is 16.1. The van der Waals surface area contributed by atoms with Gasteiger partial charge in [-0.25, -0.2) is 9.48 Å². The van der Waals surface area contributed by atoms with Crippen LogP contribution in [0.25, 0.3) is 11.4 Å². The lowest BCUT2D eigenvalue weighted by molar-refractivity contribution is -0.119. The number of aromatic hydroxyl groups is 1. The molecular weight excluding hydrogens is 733 g/mol. The molecule has 4 amide bonds. The number of phenolic OH excluding ortho intramolecular Hbond substituents is 1. The Labute approximate surface area is 322 Å². The molecule has 2 heterocycles. The summed E-state index contributed by atoms with van der Waals surface area (Å²) in [6.07, 6.45) is 0. The average Bonchev–Trinajstić information content (AvgIpc) is 3.55. The number of aromatic nitrogens is 3. The molecule has 2 aromatic heterocycles. The van der Waals surface area contributed by atoms with Crippen LogP contribution in [0.5, 0.6) is 11.5 Å². The number of pyridine rings is 1. The monoisotopic (exact) mass is 773 g/mol. The molecule has 0 fully saturated rings. The molecule has 0 saturated heterocycles. The molecule has 15 heteroatoms. The standard InChI is InChI=1S/C39H41Cl2N7O6/c1-21-11-12-24(36(51)44-23(3)35(42)50)16-29(21)47-22(2)15-31(34(41)37(47)52)54-20-26-10-8-7-9-25(26)19-43-38(53)45-33-18-32(39(4,5)6)46-48(33)27-13-14-30(49)28(40)17-27/h7-18,23,49H,19-20H2,1-6H3,(H2,42,50)(H,44,51)(H2,43,45,53)/t23-/m1/s1. The van der Waals surface area contributed by atoms with E-state index in [1.807, 2.05) is 45.0 Å². The van der Waals surface area contributed by atoms with E-state index in [0.717, 1.165) is 16.8 Å². The highest BCUT2D eigenvalue weighted by atomic mass is 35.5. The van der Waals surface area contributed by atoms with Gasteiger partial charge in [-0.15, -0.1) is 0 Å². The van der Waals surface area contributed by atoms with Gasteiger partial charge in [0.05, 0.1) is 22.1 Å². The van der Waals surface area contributed by atoms with Crippen LogP contribution in [0.3, 0.4) is 0 Å². The number of anilines is 1. The topological polar surface area (TPSA) is 183 Å². The van der Waals surface area contributed by atoms with Gasteiger partial charge >= 0.3 is 6.03 Å². The maximum atomic E-state index is 13.6. The number of ether oxygens (including phenoxy) is 1. The van der Waals surface area contributed by atoms with Crippen molar-refractivity contribution < 1.29 is 24.2 Å². The number of nitrogens with two attached hydrogens (primary N) is 1. The van der Waals surface area contributed by atoms with Crippen LogP contribution in [0.4, 0.5) is 10.6 Å². The van der Waals surface area contributed by atoms with Crippen LogP contribution in [0, 0.1) is 13.8 Å². The number of amides is 4. The first kappa shape index (κ1) is 39.4. The number of carbonyl (C=O) groups excluding carboxylic acids is 3. The molecule has 3 aromatic carbocycles. The SMILES string of the molecule is Cc1ccc(C(=O)N[C@H](C)C(N)=O)cc1-n1c(C)cc(OCc2ccccc2CNC(=O)Nc2cc(C(C)(C)C)nn2-c2ccc(O)c(Cl)c2)c(Cl)c1=O. The fourth-order valence-electron chi connectivity index (χ4n) is 5.45. The lowest BCUT2D eigenvalue weighted by Crippen LogP contribution is -2.42. The Balaban J connectivity index is 1.31. The Morgan fingerprint density at radius 2 is 1.69 bits per heavy atom. The number of hydrogen-bond acceptors (Lipinski definition) is 7. The Morgan fingerprint density at radius 1 is 0.981 bits per heavy atom. The third kappa shape index (κ3) is 8.87. The predicted molar refractivity (Wildman–Crippen MR) is 208 cm³/mol. The average molecular weight is 775 g/mol. The second-order valence-electron chi connectivity index (χ2n) is 13.8. The summed E-state index contributed by atoms with van der Waals surface area (Å²) in [5.74, 6) is -0.708. The first-order chi connectivity index (χ1) is 25.4. The summed E-state index contributed by atoms with van der Waals surface area (Å²) >= 11 is 12.8. The van der Waals surface area contributed by atoms with Gasteiger partial charge in [-0.3, -0.25) is 24.3 Å². The summed E-state index contributed by atoms with van der Waals surface area (Å²) in [5, 5.41) is 22.9. The summed E-state index contributed by atoms with van der Waals surface area (Å²) < 4.78 is 9.01. The fraction of sp³-hybridized carbons (Fsp3) is 0.256. The molecule has 54 heavy (non-hydrogen) atoms. The molecule has 0 radical (unpaired) electrons. The first-order valence-electron chi connectivity index (χ1n) is 16.9. The molecule has 5 aromatic rings. The van der Waals surface area contributed by atoms with Gasteiger partial charge in [0.15, 0.2) is 0 Å². The number of halogens is 2. The van der Waals surface area contributed by atoms with Crippen molar-refractivity contribution in [2.24, 2.45) is 5.73 Å². The Kier molecular flexibility index (Phi) is 11.7. The first-order valence-corrected chi connectivity index (χ1v) is 17.7. The van der Waals surface area contributed by atoms with Crippen LogP contribution in [0.1, 0.15) is 66.1 Å². The molecule has 0 aliphatic carbocycles. The third-order valence-corrected chi connectivity index (χ3v) is 9.27. The number of rotatable bonds is 11. The largest absolute Gasteiger partial charge is 0.506 e. The van der Waals surface area contributed by atoms with Crippen molar-refractivity contribution in [2.45, 2.75) is 66.2 Å². The van der Waals surface area contributed by atoms with Gasteiger partial charge in [0.2, 0.25) is 5.91 Å². The molecule has 1 atom stereocenters. The molecule has 0 aliphatic rings. The molecule has 0 aliphatic heterocycles. The number of nitrogens with zero attached hydrogens (tertiary/aromatic N) is 3. The van der Waals surface area contributed by atoms with E-state index in [9.17, 15) is 24.3 Å². The number of carbonyl (C=O) groups is 3. The number of urea groups is 1. The van der Waals surface area contributed by atoms with Crippen molar-refractivity contribution in [3.05, 3.63) is 127 Å². The van der Waals surface area contributed by atoms with E-state index in [0.29, 0.717) is 28.5 Å². The van der Waals surface area contributed by atoms with E-state index in [1.54, 1.807) is 61.0 Å². The third-order valence-electron chi connectivity index (χ3n) is 8.62. The zero-order valence-electron chi connectivity index (χ0n) is 30.6. The summed E-state index contributed by atoms with van der Waals surface area (Å²) in [6.45, 7) is 11.2. The Morgan fingerprint density at radius 3 is 2.35 bits per heavy atom. The summed E-state index contributed by atoms with van der Waals surface area (Å²) in [6, 6.07) is 18.9. The zero-order valence-corrected chi connectivity index (χ0v) is 32.1. The number of aryl methyl sites for hydroxylation is 2. The van der Waals surface area contributed by atoms with Crippen molar-refractivity contribution in [2.75, 3.05) is 5.32 Å². The van der Waals surface area contributed by atoms with Crippen molar-refractivity contribution >= 4 is 46.9 Å². The van der Waals surface area contributed by atoms with Crippen molar-refractivity contribution in [3.8, 4) is 22.9 Å². The maximum absolute atomic E-state index is 13.6. The van der Waals surface area contributed by atoms with Gasteiger partial charge in [-0.2, -0.15) is 5.10 Å². The maximum Gasteiger partial charge on any atom is 0.320 e. The predicted octanol–water partition coefficient (Wildman–Crippen LogP) is 6.45. The zero-order chi connectivity index (χ0) is 39.5. The van der Waals surface area contributed by atoms with Crippen LogP contribution in [0.15, 0.2) is 77.6 Å². The van der Waals surface area contributed by atoms with Crippen molar-refractivity contribution in [1.29, 1.82) is 0 Å². The highest BCUT2D eigenvalue weighted by molar-refractivity contribution is 6.32. The van der Waals surface area contributed by atoms with E-state index in [-0.39, 0.29) is 45.7 Å². The molecule has 6 N–H and O–H groups in total. The molecule has 5 rings (SSSR count). The van der Waals surface area contributed by atoms with E-state index < -0.39 is 29.4 Å². The smallest absolute Gasteiger partial charge is 0.320 e. The van der Waals surface area contributed by atoms with E-state index >= 15 is 0 Å². The molecular formula is C39H41Cl2N7O6. The lowest BCUT2D eigenvalue weighted by atomic mass is 9.92. The lowest BCUT2D eigenvalue weighted by Gasteiger charge is -2.18. The normalized spacial score (nSPS) is 11.9. The summed E-state index contributed by atoms with van der Waals surface area (Å²) in [7, 11) is 0. The van der Waals surface area contributed by atoms with E-state index in [2.05, 4.69) is 21.0 Å². The second-order valence-corrected chi connectivity index (χ2v) is 14.6. The minimum absolute atomic E-state index is 0.0398. The number of phenols is 1. The molecule has 282 valence electrons. The van der Waals surface area contributed by atoms with Crippen LogP contribution < -0.4 is 32.0 Å². The summed E-state index contributed by atoms with van der Waals surface area (Å²) in [4.78, 5) is 51.1. The van der Waals surface area contributed by atoms with Crippen molar-refractivity contribution in [3.63, 3.8) is 0 Å². The van der Waals surface area contributed by atoms with Crippen LogP contribution in [0.2, 0.25) is 10.0 Å². The minimum atomic E-state index is -0.883. The molecule has 0 saturated carbocycles. The molecule has 0 spiro atoms. The molecule has 0 bridgehead atoms. The van der Waals surface area contributed by atoms with Crippen molar-refractivity contribution in [1.82, 2.24) is 25.0 Å². The van der Waals surface area contributed by atoms with Crippen LogP contribution >= 0.6 is 23.2 Å². The number of benzene rings is 3. The number of hydrogen-bond donors (Lipinski definition) is 5.